The molecule has 1 amide bonds. The highest BCUT2D eigenvalue weighted by molar-refractivity contribution is 5.81. The molecule has 1 saturated heterocycles. The van der Waals surface area contributed by atoms with E-state index in [-0.39, 0.29) is 17.9 Å². The van der Waals surface area contributed by atoms with Crippen molar-refractivity contribution in [2.75, 3.05) is 13.6 Å². The molecule has 4 heteroatoms. The minimum Gasteiger partial charge on any atom is -0.353 e. The van der Waals surface area contributed by atoms with E-state index in [0.29, 0.717) is 12.1 Å². The predicted octanol–water partition coefficient (Wildman–Crippen LogP) is 0.489. The summed E-state index contributed by atoms with van der Waals surface area (Å²) in [6.45, 7) is 3.27. The van der Waals surface area contributed by atoms with E-state index in [1.54, 1.807) is 0 Å². The third-order valence-electron chi connectivity index (χ3n) is 4.01. The van der Waals surface area contributed by atoms with Gasteiger partial charge in [0.1, 0.15) is 0 Å². The molecule has 0 aromatic rings. The van der Waals surface area contributed by atoms with Gasteiger partial charge in [0.15, 0.2) is 0 Å². The van der Waals surface area contributed by atoms with Crippen LogP contribution in [0.25, 0.3) is 0 Å². The Morgan fingerprint density at radius 3 is 2.76 bits per heavy atom. The molecule has 0 bridgehead atoms. The zero-order chi connectivity index (χ0) is 12.4. The zero-order valence-corrected chi connectivity index (χ0v) is 10.7. The Morgan fingerprint density at radius 2 is 2.18 bits per heavy atom. The molecule has 2 rings (SSSR count). The van der Waals surface area contributed by atoms with E-state index in [1.807, 2.05) is 12.2 Å². The van der Waals surface area contributed by atoms with Crippen LogP contribution >= 0.6 is 0 Å². The number of carbonyl (C=O) groups is 1. The van der Waals surface area contributed by atoms with Crippen molar-refractivity contribution in [3.63, 3.8) is 0 Å². The molecule has 0 aromatic carbocycles. The Balaban J connectivity index is 1.81. The number of nitrogens with one attached hydrogen (secondary N) is 1. The first-order chi connectivity index (χ1) is 8.06. The van der Waals surface area contributed by atoms with Crippen LogP contribution in [-0.4, -0.2) is 42.5 Å². The van der Waals surface area contributed by atoms with Gasteiger partial charge in [-0.25, -0.2) is 0 Å². The van der Waals surface area contributed by atoms with Gasteiger partial charge in [-0.1, -0.05) is 12.2 Å². The number of likely N-dealkylation sites (tertiary alicyclic amines) is 1. The van der Waals surface area contributed by atoms with Crippen LogP contribution in [0.5, 0.6) is 0 Å². The van der Waals surface area contributed by atoms with E-state index < -0.39 is 0 Å². The highest BCUT2D eigenvalue weighted by Crippen LogP contribution is 2.19. The molecule has 4 atom stereocenters. The minimum atomic E-state index is -0.0139. The number of nitrogens with zero attached hydrogens (tertiary/aromatic N) is 1. The maximum Gasteiger partial charge on any atom is 0.227 e. The highest BCUT2D eigenvalue weighted by Gasteiger charge is 2.28. The molecular weight excluding hydrogens is 214 g/mol. The Hall–Kier alpha value is -0.870. The Labute approximate surface area is 103 Å². The summed E-state index contributed by atoms with van der Waals surface area (Å²) < 4.78 is 0. The van der Waals surface area contributed by atoms with Crippen molar-refractivity contribution in [2.24, 2.45) is 11.7 Å². The van der Waals surface area contributed by atoms with Gasteiger partial charge in [-0.3, -0.25) is 4.79 Å². The third kappa shape index (κ3) is 3.07. The van der Waals surface area contributed by atoms with E-state index >= 15 is 0 Å². The van der Waals surface area contributed by atoms with Gasteiger partial charge in [0.05, 0.1) is 5.92 Å². The molecule has 1 aliphatic heterocycles. The predicted molar refractivity (Wildman–Crippen MR) is 68.5 cm³/mol. The van der Waals surface area contributed by atoms with Crippen LogP contribution in [0.1, 0.15) is 26.2 Å². The van der Waals surface area contributed by atoms with Crippen molar-refractivity contribution in [3.05, 3.63) is 12.2 Å². The van der Waals surface area contributed by atoms with Crippen LogP contribution in [0.3, 0.4) is 0 Å². The first kappa shape index (κ1) is 12.6. The molecule has 0 spiro atoms. The summed E-state index contributed by atoms with van der Waals surface area (Å²) in [6, 6.07) is 0.941. The molecular formula is C13H23N3O. The van der Waals surface area contributed by atoms with E-state index in [9.17, 15) is 4.79 Å². The number of amides is 1. The summed E-state index contributed by atoms with van der Waals surface area (Å²) in [5.74, 6) is 0.135. The molecule has 3 N–H and O–H groups in total. The maximum absolute atomic E-state index is 12.0. The Kier molecular flexibility index (Phi) is 3.84. The normalized spacial score (nSPS) is 38.3. The molecule has 4 nitrogen and oxygen atoms in total. The quantitative estimate of drug-likeness (QED) is 0.687. The van der Waals surface area contributed by atoms with Gasteiger partial charge in [-0.15, -0.1) is 0 Å². The number of carbonyl (C=O) groups excluding carboxylic acids is 1. The average Bonchev–Trinajstić information content (AvgIpc) is 2.70. The lowest BCUT2D eigenvalue weighted by Crippen LogP contribution is -2.48. The second-order valence-corrected chi connectivity index (χ2v) is 5.45. The summed E-state index contributed by atoms with van der Waals surface area (Å²) in [6.07, 6.45) is 6.73. The molecule has 1 aliphatic carbocycles. The Morgan fingerprint density at radius 1 is 1.41 bits per heavy atom. The molecule has 0 radical (unpaired) electrons. The summed E-state index contributed by atoms with van der Waals surface area (Å²) in [4.78, 5) is 14.4. The number of piperidine rings is 1. The van der Waals surface area contributed by atoms with Crippen LogP contribution in [0.2, 0.25) is 0 Å². The van der Waals surface area contributed by atoms with Crippen LogP contribution in [0, 0.1) is 5.92 Å². The van der Waals surface area contributed by atoms with Crippen molar-refractivity contribution in [1.82, 2.24) is 10.2 Å². The van der Waals surface area contributed by atoms with E-state index in [4.69, 9.17) is 5.73 Å². The van der Waals surface area contributed by atoms with Crippen LogP contribution in [0.15, 0.2) is 12.2 Å². The van der Waals surface area contributed by atoms with Gasteiger partial charge in [0.2, 0.25) is 5.91 Å². The summed E-state index contributed by atoms with van der Waals surface area (Å²) in [7, 11) is 2.14. The van der Waals surface area contributed by atoms with Crippen molar-refractivity contribution >= 4 is 5.91 Å². The van der Waals surface area contributed by atoms with Gasteiger partial charge in [0.25, 0.3) is 0 Å². The molecule has 96 valence electrons. The van der Waals surface area contributed by atoms with Crippen molar-refractivity contribution in [1.29, 1.82) is 0 Å². The number of rotatable bonds is 2. The summed E-state index contributed by atoms with van der Waals surface area (Å²) in [5.41, 5.74) is 5.76. The van der Waals surface area contributed by atoms with Crippen LogP contribution < -0.4 is 11.1 Å². The molecule has 0 aromatic heterocycles. The largest absolute Gasteiger partial charge is 0.353 e. The number of nitrogens with two attached hydrogens (primary N) is 1. The highest BCUT2D eigenvalue weighted by atomic mass is 16.1. The first-order valence-corrected chi connectivity index (χ1v) is 6.51. The topological polar surface area (TPSA) is 58.4 Å². The smallest absolute Gasteiger partial charge is 0.227 e. The van der Waals surface area contributed by atoms with Crippen molar-refractivity contribution < 1.29 is 4.79 Å². The standard InChI is InChI=1S/C13H23N3O/c1-9-7-12(5-6-16(9)2)15-13(17)10-3-4-11(14)8-10/h3-4,9-12H,5-8,14H2,1-2H3,(H,15,17). The molecule has 0 saturated carbocycles. The fraction of sp³-hybridized carbons (Fsp3) is 0.769. The average molecular weight is 237 g/mol. The zero-order valence-electron chi connectivity index (χ0n) is 10.7. The van der Waals surface area contributed by atoms with Crippen molar-refractivity contribution in [3.8, 4) is 0 Å². The van der Waals surface area contributed by atoms with E-state index in [2.05, 4.69) is 24.2 Å². The molecule has 1 heterocycles. The van der Waals surface area contributed by atoms with E-state index in [0.717, 1.165) is 25.8 Å². The summed E-state index contributed by atoms with van der Waals surface area (Å²) in [5, 5.41) is 3.16. The Bertz CT molecular complexity index is 316. The molecule has 2 aliphatic rings. The lowest BCUT2D eigenvalue weighted by Gasteiger charge is -2.35. The lowest BCUT2D eigenvalue weighted by atomic mass is 9.97. The molecule has 4 unspecified atom stereocenters. The van der Waals surface area contributed by atoms with E-state index in [1.165, 1.54) is 0 Å². The maximum atomic E-state index is 12.0. The number of hydrogen-bond acceptors (Lipinski definition) is 3. The molecule has 1 fully saturated rings. The van der Waals surface area contributed by atoms with Gasteiger partial charge >= 0.3 is 0 Å². The second kappa shape index (κ2) is 5.19. The SMILES string of the molecule is CC1CC(NC(=O)C2C=CC(N)C2)CCN1C. The molecule has 17 heavy (non-hydrogen) atoms. The lowest BCUT2D eigenvalue weighted by molar-refractivity contribution is -0.124. The monoisotopic (exact) mass is 237 g/mol. The van der Waals surface area contributed by atoms with Crippen LogP contribution in [-0.2, 0) is 4.79 Å². The van der Waals surface area contributed by atoms with Crippen molar-refractivity contribution in [2.45, 2.75) is 44.3 Å². The van der Waals surface area contributed by atoms with Gasteiger partial charge in [-0.2, -0.15) is 0 Å². The minimum absolute atomic E-state index is 0.0139. The van der Waals surface area contributed by atoms with Crippen LogP contribution in [0.4, 0.5) is 0 Å². The fourth-order valence-corrected chi connectivity index (χ4v) is 2.65. The third-order valence-corrected chi connectivity index (χ3v) is 4.01. The first-order valence-electron chi connectivity index (χ1n) is 6.51. The van der Waals surface area contributed by atoms with Gasteiger partial charge < -0.3 is 16.0 Å². The summed E-state index contributed by atoms with van der Waals surface area (Å²) >= 11 is 0. The van der Waals surface area contributed by atoms with Gasteiger partial charge in [0, 0.05) is 24.7 Å². The van der Waals surface area contributed by atoms with Gasteiger partial charge in [-0.05, 0) is 33.2 Å². The number of hydrogen-bond donors (Lipinski definition) is 2. The second-order valence-electron chi connectivity index (χ2n) is 5.45. The fourth-order valence-electron chi connectivity index (χ4n) is 2.65.